The summed E-state index contributed by atoms with van der Waals surface area (Å²) < 4.78 is 12.5. The van der Waals surface area contributed by atoms with Crippen LogP contribution in [0.15, 0.2) is 35.1 Å². The first-order chi connectivity index (χ1) is 15.9. The van der Waals surface area contributed by atoms with E-state index in [-0.39, 0.29) is 36.0 Å². The molecule has 172 valence electrons. The van der Waals surface area contributed by atoms with E-state index in [0.717, 1.165) is 24.3 Å². The second-order valence-electron chi connectivity index (χ2n) is 8.19. The monoisotopic (exact) mass is 486 g/mol. The molecule has 1 saturated heterocycles. The minimum atomic E-state index is -0.249. The number of hydrogen-bond acceptors (Lipinski definition) is 6. The van der Waals surface area contributed by atoms with Gasteiger partial charge in [-0.05, 0) is 42.9 Å². The first-order valence-electron chi connectivity index (χ1n) is 10.8. The third-order valence-corrected chi connectivity index (χ3v) is 6.73. The molecule has 2 aliphatic rings. The molecular formula is C23H23ClN4O4S. The Morgan fingerprint density at radius 1 is 1.12 bits per heavy atom. The van der Waals surface area contributed by atoms with Crippen molar-refractivity contribution >= 4 is 46.3 Å². The highest BCUT2D eigenvalue weighted by molar-refractivity contribution is 7.71. The molecule has 0 unspecified atom stereocenters. The van der Waals surface area contributed by atoms with Crippen LogP contribution in [-0.4, -0.2) is 53.3 Å². The van der Waals surface area contributed by atoms with Gasteiger partial charge < -0.3 is 24.3 Å². The van der Waals surface area contributed by atoms with Gasteiger partial charge in [-0.3, -0.25) is 14.2 Å². The first kappa shape index (κ1) is 21.8. The Bertz CT molecular complexity index is 1360. The fourth-order valence-electron chi connectivity index (χ4n) is 4.33. The summed E-state index contributed by atoms with van der Waals surface area (Å²) in [5, 5.41) is 1.15. The highest BCUT2D eigenvalue weighted by Gasteiger charge is 2.23. The van der Waals surface area contributed by atoms with E-state index in [1.165, 1.54) is 4.57 Å². The molecule has 2 aliphatic heterocycles. The minimum absolute atomic E-state index is 0.00421. The van der Waals surface area contributed by atoms with Crippen LogP contribution in [-0.2, 0) is 11.3 Å². The van der Waals surface area contributed by atoms with Crippen LogP contribution in [0.1, 0.15) is 12.0 Å². The quantitative estimate of drug-likeness (QED) is 0.569. The number of carbonyl (C=O) groups is 1. The fourth-order valence-corrected chi connectivity index (χ4v) is 4.78. The number of rotatable bonds is 4. The van der Waals surface area contributed by atoms with Gasteiger partial charge in [-0.25, -0.2) is 0 Å². The molecular weight excluding hydrogens is 464 g/mol. The van der Waals surface area contributed by atoms with Gasteiger partial charge in [0.15, 0.2) is 16.3 Å². The zero-order chi connectivity index (χ0) is 23.1. The van der Waals surface area contributed by atoms with Crippen molar-refractivity contribution in [2.24, 2.45) is 0 Å². The molecule has 33 heavy (non-hydrogen) atoms. The number of aromatic amines is 1. The van der Waals surface area contributed by atoms with Crippen LogP contribution in [0, 0.1) is 11.7 Å². The summed E-state index contributed by atoms with van der Waals surface area (Å²) in [7, 11) is 0. The Balaban J connectivity index is 1.26. The standard InChI is InChI=1S/C23H23ClN4O4S/c1-14-2-3-15(24)10-18(14)26-6-8-27(9-7-26)21(29)4-5-28-22(30)16-11-19-20(32-13-31-19)12-17(16)25-23(28)33/h2-3,10-12H,4-9,13H2,1H3,(H,25,33). The van der Waals surface area contributed by atoms with Crippen molar-refractivity contribution in [2.45, 2.75) is 19.9 Å². The number of fused-ring (bicyclic) bond motifs is 2. The number of piperazine rings is 1. The van der Waals surface area contributed by atoms with Gasteiger partial charge in [0.2, 0.25) is 12.7 Å². The predicted molar refractivity (Wildman–Crippen MR) is 129 cm³/mol. The molecule has 10 heteroatoms. The zero-order valence-corrected chi connectivity index (χ0v) is 19.7. The molecule has 0 spiro atoms. The molecule has 0 atom stereocenters. The number of ether oxygens (including phenoxy) is 2. The topological polar surface area (TPSA) is 79.8 Å². The highest BCUT2D eigenvalue weighted by atomic mass is 35.5. The van der Waals surface area contributed by atoms with Gasteiger partial charge >= 0.3 is 0 Å². The molecule has 0 radical (unpaired) electrons. The zero-order valence-electron chi connectivity index (χ0n) is 18.1. The molecule has 1 N–H and O–H groups in total. The van der Waals surface area contributed by atoms with Crippen molar-refractivity contribution in [3.63, 3.8) is 0 Å². The number of aryl methyl sites for hydroxylation is 1. The van der Waals surface area contributed by atoms with Gasteiger partial charge in [-0.2, -0.15) is 0 Å². The second kappa shape index (κ2) is 8.72. The number of anilines is 1. The van der Waals surface area contributed by atoms with Crippen molar-refractivity contribution in [3.05, 3.63) is 56.0 Å². The lowest BCUT2D eigenvalue weighted by molar-refractivity contribution is -0.131. The number of halogens is 1. The van der Waals surface area contributed by atoms with E-state index < -0.39 is 0 Å². The fraction of sp³-hybridized carbons (Fsp3) is 0.348. The smallest absolute Gasteiger partial charge is 0.262 e. The third-order valence-electron chi connectivity index (χ3n) is 6.17. The number of nitrogens with zero attached hydrogens (tertiary/aromatic N) is 3. The number of carbonyl (C=O) groups excluding carboxylic acids is 1. The number of aromatic nitrogens is 2. The van der Waals surface area contributed by atoms with E-state index in [9.17, 15) is 9.59 Å². The lowest BCUT2D eigenvalue weighted by Crippen LogP contribution is -2.49. The molecule has 3 aromatic rings. The highest BCUT2D eigenvalue weighted by Crippen LogP contribution is 2.34. The molecule has 1 amide bonds. The third kappa shape index (κ3) is 4.18. The molecule has 0 bridgehead atoms. The molecule has 0 aliphatic carbocycles. The van der Waals surface area contributed by atoms with Gasteiger partial charge in [-0.1, -0.05) is 17.7 Å². The minimum Gasteiger partial charge on any atom is -0.454 e. The average Bonchev–Trinajstić information content (AvgIpc) is 3.27. The van der Waals surface area contributed by atoms with Gasteiger partial charge in [-0.15, -0.1) is 0 Å². The molecule has 5 rings (SSSR count). The summed E-state index contributed by atoms with van der Waals surface area (Å²) in [5.41, 5.74) is 2.60. The summed E-state index contributed by atoms with van der Waals surface area (Å²) in [6.07, 6.45) is 0.198. The van der Waals surface area contributed by atoms with Crippen molar-refractivity contribution < 1.29 is 14.3 Å². The van der Waals surface area contributed by atoms with Crippen LogP contribution in [0.25, 0.3) is 10.9 Å². The van der Waals surface area contributed by atoms with Crippen LogP contribution >= 0.6 is 23.8 Å². The number of H-pyrrole nitrogens is 1. The van der Waals surface area contributed by atoms with E-state index in [4.69, 9.17) is 33.3 Å². The van der Waals surface area contributed by atoms with Gasteiger partial charge in [0.1, 0.15) is 0 Å². The molecule has 2 aromatic carbocycles. The second-order valence-corrected chi connectivity index (χ2v) is 9.01. The largest absolute Gasteiger partial charge is 0.454 e. The summed E-state index contributed by atoms with van der Waals surface area (Å²) in [6.45, 7) is 5.10. The van der Waals surface area contributed by atoms with Crippen molar-refractivity contribution in [1.29, 1.82) is 0 Å². The van der Waals surface area contributed by atoms with E-state index in [0.29, 0.717) is 40.5 Å². The number of nitrogens with one attached hydrogen (secondary N) is 1. The van der Waals surface area contributed by atoms with Crippen molar-refractivity contribution in [1.82, 2.24) is 14.5 Å². The molecule has 3 heterocycles. The number of hydrogen-bond donors (Lipinski definition) is 1. The summed E-state index contributed by atoms with van der Waals surface area (Å²) in [4.78, 5) is 33.1. The first-order valence-corrected chi connectivity index (χ1v) is 11.5. The maximum absolute atomic E-state index is 13.0. The molecule has 1 aromatic heterocycles. The Labute approximate surface area is 200 Å². The van der Waals surface area contributed by atoms with Crippen molar-refractivity contribution in [3.8, 4) is 11.5 Å². The maximum atomic E-state index is 13.0. The van der Waals surface area contributed by atoms with Crippen LogP contribution in [0.2, 0.25) is 5.02 Å². The molecule has 0 saturated carbocycles. The van der Waals surface area contributed by atoms with Gasteiger partial charge in [0, 0.05) is 55.9 Å². The summed E-state index contributed by atoms with van der Waals surface area (Å²) in [5.74, 6) is 1.11. The lowest BCUT2D eigenvalue weighted by Gasteiger charge is -2.37. The van der Waals surface area contributed by atoms with Crippen LogP contribution in [0.5, 0.6) is 11.5 Å². The SMILES string of the molecule is Cc1ccc(Cl)cc1N1CCN(C(=O)CCn2c(=S)[nH]c3cc4c(cc3c2=O)OCO4)CC1. The molecule has 8 nitrogen and oxygen atoms in total. The summed E-state index contributed by atoms with van der Waals surface area (Å²) >= 11 is 11.5. The van der Waals surface area contributed by atoms with Gasteiger partial charge in [0.05, 0.1) is 10.9 Å². The van der Waals surface area contributed by atoms with Crippen LogP contribution < -0.4 is 19.9 Å². The Kier molecular flexibility index (Phi) is 5.76. The number of amides is 1. The van der Waals surface area contributed by atoms with Crippen LogP contribution in [0.3, 0.4) is 0 Å². The predicted octanol–water partition coefficient (Wildman–Crippen LogP) is 3.49. The molecule has 1 fully saturated rings. The normalized spacial score (nSPS) is 15.3. The Hall–Kier alpha value is -3.04. The number of benzene rings is 2. The van der Waals surface area contributed by atoms with Crippen LogP contribution in [0.4, 0.5) is 5.69 Å². The van der Waals surface area contributed by atoms with E-state index in [1.54, 1.807) is 12.1 Å². The van der Waals surface area contributed by atoms with E-state index in [1.807, 2.05) is 23.1 Å². The van der Waals surface area contributed by atoms with Gasteiger partial charge in [0.25, 0.3) is 5.56 Å². The Morgan fingerprint density at radius 3 is 2.61 bits per heavy atom. The Morgan fingerprint density at radius 2 is 1.85 bits per heavy atom. The average molecular weight is 487 g/mol. The lowest BCUT2D eigenvalue weighted by atomic mass is 10.1. The van der Waals surface area contributed by atoms with Crippen molar-refractivity contribution in [2.75, 3.05) is 37.9 Å². The summed E-state index contributed by atoms with van der Waals surface area (Å²) in [6, 6.07) is 9.22. The maximum Gasteiger partial charge on any atom is 0.262 e. The van der Waals surface area contributed by atoms with E-state index >= 15 is 0 Å². The van der Waals surface area contributed by atoms with E-state index in [2.05, 4.69) is 16.8 Å².